The molecule has 1 heterocycles. The minimum absolute atomic E-state index is 0.0276. The van der Waals surface area contributed by atoms with Gasteiger partial charge in [0.2, 0.25) is 5.91 Å². The fourth-order valence-electron chi connectivity index (χ4n) is 0.851. The van der Waals surface area contributed by atoms with E-state index in [4.69, 9.17) is 6.42 Å². The summed E-state index contributed by atoms with van der Waals surface area (Å²) >= 11 is 0. The molecule has 1 aromatic heterocycles. The molecule has 1 amide bonds. The standard InChI is InChI=1S/C9H11N3O/c1-4-8-5-6-10-12(8)7-9(13)11(2)3/h1,5-6H,7H2,2-3H3. The number of carbonyl (C=O) groups is 1. The number of amides is 1. The van der Waals surface area contributed by atoms with E-state index in [1.54, 1.807) is 26.4 Å². The second kappa shape index (κ2) is 3.76. The van der Waals surface area contributed by atoms with Crippen LogP contribution in [0.1, 0.15) is 5.69 Å². The van der Waals surface area contributed by atoms with Gasteiger partial charge >= 0.3 is 0 Å². The molecule has 0 aliphatic rings. The van der Waals surface area contributed by atoms with Crippen LogP contribution >= 0.6 is 0 Å². The van der Waals surface area contributed by atoms with Crippen LogP contribution in [-0.4, -0.2) is 34.7 Å². The van der Waals surface area contributed by atoms with Gasteiger partial charge in [-0.3, -0.25) is 4.79 Å². The summed E-state index contributed by atoms with van der Waals surface area (Å²) in [6.45, 7) is 0.194. The van der Waals surface area contributed by atoms with Crippen LogP contribution in [0.2, 0.25) is 0 Å². The van der Waals surface area contributed by atoms with Crippen molar-refractivity contribution in [2.75, 3.05) is 14.1 Å². The van der Waals surface area contributed by atoms with Crippen molar-refractivity contribution in [1.29, 1.82) is 0 Å². The number of carbonyl (C=O) groups excluding carboxylic acids is 1. The van der Waals surface area contributed by atoms with Crippen molar-refractivity contribution in [3.05, 3.63) is 18.0 Å². The fraction of sp³-hybridized carbons (Fsp3) is 0.333. The zero-order valence-electron chi connectivity index (χ0n) is 7.69. The molecule has 68 valence electrons. The number of likely N-dealkylation sites (N-methyl/N-ethyl adjacent to an activating group) is 1. The fourth-order valence-corrected chi connectivity index (χ4v) is 0.851. The maximum atomic E-state index is 11.3. The minimum atomic E-state index is -0.0276. The van der Waals surface area contributed by atoms with Gasteiger partial charge in [0.15, 0.2) is 0 Å². The van der Waals surface area contributed by atoms with Crippen molar-refractivity contribution in [1.82, 2.24) is 14.7 Å². The Bertz CT molecular complexity index is 346. The molecule has 13 heavy (non-hydrogen) atoms. The quantitative estimate of drug-likeness (QED) is 0.594. The third-order valence-electron chi connectivity index (χ3n) is 1.65. The Hall–Kier alpha value is -1.76. The molecule has 0 spiro atoms. The summed E-state index contributed by atoms with van der Waals surface area (Å²) in [6.07, 6.45) is 6.79. The molecule has 0 saturated heterocycles. The Morgan fingerprint density at radius 2 is 2.46 bits per heavy atom. The highest BCUT2D eigenvalue weighted by atomic mass is 16.2. The second-order valence-electron chi connectivity index (χ2n) is 2.81. The van der Waals surface area contributed by atoms with Gasteiger partial charge in [-0.15, -0.1) is 6.42 Å². The second-order valence-corrected chi connectivity index (χ2v) is 2.81. The van der Waals surface area contributed by atoms with Crippen molar-refractivity contribution in [2.24, 2.45) is 0 Å². The maximum Gasteiger partial charge on any atom is 0.243 e. The van der Waals surface area contributed by atoms with Gasteiger partial charge < -0.3 is 4.90 Å². The molecule has 0 fully saturated rings. The largest absolute Gasteiger partial charge is 0.347 e. The Balaban J connectivity index is 2.76. The van der Waals surface area contributed by atoms with Gasteiger partial charge in [0, 0.05) is 14.1 Å². The molecule has 0 unspecified atom stereocenters. The van der Waals surface area contributed by atoms with E-state index >= 15 is 0 Å². The van der Waals surface area contributed by atoms with Gasteiger partial charge in [-0.25, -0.2) is 4.68 Å². The highest BCUT2D eigenvalue weighted by molar-refractivity contribution is 5.75. The van der Waals surface area contributed by atoms with Gasteiger partial charge in [-0.1, -0.05) is 5.92 Å². The van der Waals surface area contributed by atoms with Crippen molar-refractivity contribution in [3.63, 3.8) is 0 Å². The van der Waals surface area contributed by atoms with Gasteiger partial charge in [-0.05, 0) is 6.07 Å². The molecule has 1 aromatic rings. The van der Waals surface area contributed by atoms with Crippen LogP contribution in [0.4, 0.5) is 0 Å². The van der Waals surface area contributed by atoms with E-state index in [9.17, 15) is 4.79 Å². The molecule has 0 saturated carbocycles. The molecular weight excluding hydrogens is 166 g/mol. The van der Waals surface area contributed by atoms with Crippen LogP contribution in [0.5, 0.6) is 0 Å². The van der Waals surface area contributed by atoms with E-state index in [-0.39, 0.29) is 12.5 Å². The average Bonchev–Trinajstić information content (AvgIpc) is 2.51. The highest BCUT2D eigenvalue weighted by Crippen LogP contribution is 1.96. The number of terminal acetylenes is 1. The van der Waals surface area contributed by atoms with E-state index in [1.807, 2.05) is 0 Å². The molecule has 4 heteroatoms. The molecule has 4 nitrogen and oxygen atoms in total. The zero-order chi connectivity index (χ0) is 9.84. The summed E-state index contributed by atoms with van der Waals surface area (Å²) in [7, 11) is 3.39. The maximum absolute atomic E-state index is 11.3. The topological polar surface area (TPSA) is 38.1 Å². The van der Waals surface area contributed by atoms with Gasteiger partial charge in [0.25, 0.3) is 0 Å². The summed E-state index contributed by atoms with van der Waals surface area (Å²) in [4.78, 5) is 12.8. The number of aromatic nitrogens is 2. The average molecular weight is 177 g/mol. The Morgan fingerprint density at radius 1 is 1.77 bits per heavy atom. The lowest BCUT2D eigenvalue weighted by Gasteiger charge is -2.10. The van der Waals surface area contributed by atoms with Crippen molar-refractivity contribution in [2.45, 2.75) is 6.54 Å². The Morgan fingerprint density at radius 3 is 3.00 bits per heavy atom. The normalized spacial score (nSPS) is 9.31. The Kier molecular flexibility index (Phi) is 2.70. The third-order valence-corrected chi connectivity index (χ3v) is 1.65. The predicted molar refractivity (Wildman–Crippen MR) is 48.9 cm³/mol. The lowest BCUT2D eigenvalue weighted by atomic mass is 10.4. The van der Waals surface area contributed by atoms with E-state index in [2.05, 4.69) is 11.0 Å². The summed E-state index contributed by atoms with van der Waals surface area (Å²) < 4.78 is 1.50. The van der Waals surface area contributed by atoms with Crippen molar-refractivity contribution in [3.8, 4) is 12.3 Å². The molecule has 0 aromatic carbocycles. The first-order chi connectivity index (χ1) is 6.15. The molecule has 0 atom stereocenters. The van der Waals surface area contributed by atoms with E-state index in [0.29, 0.717) is 5.69 Å². The van der Waals surface area contributed by atoms with Crippen LogP contribution in [-0.2, 0) is 11.3 Å². The van der Waals surface area contributed by atoms with Gasteiger partial charge in [0.1, 0.15) is 12.2 Å². The first kappa shape index (κ1) is 9.33. The molecule has 0 aliphatic heterocycles. The monoisotopic (exact) mass is 177 g/mol. The van der Waals surface area contributed by atoms with E-state index in [1.165, 1.54) is 9.58 Å². The molecule has 1 rings (SSSR count). The van der Waals surface area contributed by atoms with Crippen molar-refractivity contribution >= 4 is 5.91 Å². The smallest absolute Gasteiger partial charge is 0.243 e. The van der Waals surface area contributed by atoms with Gasteiger partial charge in [-0.2, -0.15) is 5.10 Å². The first-order valence-corrected chi connectivity index (χ1v) is 3.83. The Labute approximate surface area is 77.1 Å². The number of nitrogens with zero attached hydrogens (tertiary/aromatic N) is 3. The van der Waals surface area contributed by atoms with Crippen LogP contribution < -0.4 is 0 Å². The number of hydrogen-bond donors (Lipinski definition) is 0. The number of rotatable bonds is 2. The summed E-state index contributed by atoms with van der Waals surface area (Å²) in [5.41, 5.74) is 0.621. The predicted octanol–water partition coefficient (Wildman–Crippen LogP) is -0.0474. The van der Waals surface area contributed by atoms with E-state index < -0.39 is 0 Å². The highest BCUT2D eigenvalue weighted by Gasteiger charge is 2.07. The van der Waals surface area contributed by atoms with Gasteiger partial charge in [0.05, 0.1) is 6.20 Å². The molecule has 0 N–H and O–H groups in total. The third kappa shape index (κ3) is 2.09. The molecular formula is C9H11N3O. The van der Waals surface area contributed by atoms with Crippen LogP contribution in [0.15, 0.2) is 12.3 Å². The number of hydrogen-bond acceptors (Lipinski definition) is 2. The lowest BCUT2D eigenvalue weighted by Crippen LogP contribution is -2.27. The van der Waals surface area contributed by atoms with Crippen molar-refractivity contribution < 1.29 is 4.79 Å². The molecule has 0 aliphatic carbocycles. The van der Waals surface area contributed by atoms with Crippen LogP contribution in [0.3, 0.4) is 0 Å². The zero-order valence-corrected chi connectivity index (χ0v) is 7.69. The summed E-state index contributed by atoms with van der Waals surface area (Å²) in [5.74, 6) is 2.42. The molecule has 0 radical (unpaired) electrons. The first-order valence-electron chi connectivity index (χ1n) is 3.83. The minimum Gasteiger partial charge on any atom is -0.347 e. The SMILES string of the molecule is C#Cc1ccnn1CC(=O)N(C)C. The van der Waals surface area contributed by atoms with Crippen LogP contribution in [0.25, 0.3) is 0 Å². The summed E-state index contributed by atoms with van der Waals surface area (Å²) in [6, 6.07) is 1.70. The lowest BCUT2D eigenvalue weighted by molar-refractivity contribution is -0.129. The van der Waals surface area contributed by atoms with E-state index in [0.717, 1.165) is 0 Å². The summed E-state index contributed by atoms with van der Waals surface area (Å²) in [5, 5.41) is 3.94. The molecule has 0 bridgehead atoms. The van der Waals surface area contributed by atoms with Crippen LogP contribution in [0, 0.1) is 12.3 Å².